The van der Waals surface area contributed by atoms with E-state index in [1.165, 1.54) is 0 Å². The summed E-state index contributed by atoms with van der Waals surface area (Å²) in [6.45, 7) is 3.85. The molecule has 0 spiro atoms. The van der Waals surface area contributed by atoms with Crippen molar-refractivity contribution in [3.8, 4) is 0 Å². The van der Waals surface area contributed by atoms with Crippen molar-refractivity contribution < 1.29 is 22.7 Å². The number of hydrogen-bond donors (Lipinski definition) is 2. The van der Waals surface area contributed by atoms with Crippen molar-refractivity contribution in [2.45, 2.75) is 44.0 Å². The topological polar surface area (TPSA) is 96.6 Å². The second-order valence-corrected chi connectivity index (χ2v) is 6.47. The van der Waals surface area contributed by atoms with Crippen molar-refractivity contribution in [3.05, 3.63) is 16.5 Å². The molecule has 1 heterocycles. The molecule has 1 rings (SSSR count). The van der Waals surface area contributed by atoms with Crippen molar-refractivity contribution in [2.75, 3.05) is 0 Å². The Bertz CT molecular complexity index is 551. The number of rotatable bonds is 7. The molecule has 1 atom stereocenters. The largest absolute Gasteiger partial charge is 0.475 e. The first kappa shape index (κ1) is 16.2. The summed E-state index contributed by atoms with van der Waals surface area (Å²) in [5.41, 5.74) is 0. The molecule has 6 nitrogen and oxygen atoms in total. The average molecular weight is 354 g/mol. The van der Waals surface area contributed by atoms with E-state index in [2.05, 4.69) is 20.7 Å². The summed E-state index contributed by atoms with van der Waals surface area (Å²) in [5.74, 6) is -1.74. The van der Waals surface area contributed by atoms with Gasteiger partial charge in [0.1, 0.15) is 4.90 Å². The lowest BCUT2D eigenvalue weighted by atomic mass is 10.1. The second-order valence-electron chi connectivity index (χ2n) is 4.07. The molecule has 0 saturated heterocycles. The van der Waals surface area contributed by atoms with Gasteiger partial charge in [0.25, 0.3) is 0 Å². The van der Waals surface area contributed by atoms with Crippen LogP contribution < -0.4 is 4.72 Å². The van der Waals surface area contributed by atoms with Crippen LogP contribution in [-0.4, -0.2) is 25.5 Å². The maximum Gasteiger partial charge on any atom is 0.371 e. The maximum absolute atomic E-state index is 12.1. The Morgan fingerprint density at radius 2 is 2.16 bits per heavy atom. The minimum Gasteiger partial charge on any atom is -0.475 e. The lowest BCUT2D eigenvalue weighted by Gasteiger charge is -2.15. The smallest absolute Gasteiger partial charge is 0.371 e. The van der Waals surface area contributed by atoms with Crippen molar-refractivity contribution in [1.29, 1.82) is 0 Å². The third kappa shape index (κ3) is 4.05. The molecule has 0 bridgehead atoms. The second kappa shape index (κ2) is 6.53. The Morgan fingerprint density at radius 3 is 2.58 bits per heavy atom. The highest BCUT2D eigenvalue weighted by atomic mass is 79.9. The number of hydrogen-bond acceptors (Lipinski definition) is 4. The highest BCUT2D eigenvalue weighted by Crippen LogP contribution is 2.26. The molecule has 108 valence electrons. The van der Waals surface area contributed by atoms with E-state index in [1.807, 2.05) is 13.8 Å². The van der Waals surface area contributed by atoms with Gasteiger partial charge in [-0.15, -0.1) is 0 Å². The highest BCUT2D eigenvalue weighted by Gasteiger charge is 2.26. The van der Waals surface area contributed by atoms with Crippen LogP contribution in [0.25, 0.3) is 0 Å². The van der Waals surface area contributed by atoms with Crippen molar-refractivity contribution >= 4 is 31.9 Å². The van der Waals surface area contributed by atoms with Crippen LogP contribution in [0.4, 0.5) is 0 Å². The van der Waals surface area contributed by atoms with E-state index < -0.39 is 21.8 Å². The van der Waals surface area contributed by atoms with Gasteiger partial charge in [0.05, 0.1) is 0 Å². The predicted octanol–water partition coefficient (Wildman–Crippen LogP) is 2.60. The molecule has 1 unspecified atom stereocenters. The number of carboxylic acids is 1. The number of furan rings is 1. The van der Waals surface area contributed by atoms with Gasteiger partial charge in [-0.25, -0.2) is 17.9 Å². The zero-order valence-electron chi connectivity index (χ0n) is 10.6. The molecule has 0 aromatic carbocycles. The molecule has 0 radical (unpaired) electrons. The number of carboxylic acid groups (broad SMARTS) is 1. The van der Waals surface area contributed by atoms with Crippen LogP contribution in [-0.2, 0) is 10.0 Å². The van der Waals surface area contributed by atoms with Gasteiger partial charge in [0, 0.05) is 12.1 Å². The minimum absolute atomic E-state index is 0.108. The summed E-state index contributed by atoms with van der Waals surface area (Å²) in [6, 6.07) is 0.818. The molecule has 8 heteroatoms. The molecule has 0 aliphatic carbocycles. The van der Waals surface area contributed by atoms with Gasteiger partial charge in [-0.1, -0.05) is 20.3 Å². The van der Waals surface area contributed by atoms with Crippen LogP contribution >= 0.6 is 15.9 Å². The molecular formula is C11H16BrNO5S. The zero-order chi connectivity index (χ0) is 14.6. The van der Waals surface area contributed by atoms with E-state index in [1.54, 1.807) is 0 Å². The first-order valence-electron chi connectivity index (χ1n) is 5.86. The van der Waals surface area contributed by atoms with E-state index >= 15 is 0 Å². The molecule has 2 N–H and O–H groups in total. The molecule has 0 fully saturated rings. The van der Waals surface area contributed by atoms with E-state index in [-0.39, 0.29) is 15.6 Å². The molecule has 1 aromatic heterocycles. The fraction of sp³-hybridized carbons (Fsp3) is 0.545. The summed E-state index contributed by atoms with van der Waals surface area (Å²) < 4.78 is 31.5. The summed E-state index contributed by atoms with van der Waals surface area (Å²) in [4.78, 5) is 10.5. The van der Waals surface area contributed by atoms with Gasteiger partial charge >= 0.3 is 5.97 Å². The first-order chi connectivity index (χ1) is 8.81. The number of sulfonamides is 1. The number of aromatic carboxylic acids is 1. The fourth-order valence-electron chi connectivity index (χ4n) is 1.62. The van der Waals surface area contributed by atoms with Gasteiger partial charge < -0.3 is 9.52 Å². The lowest BCUT2D eigenvalue weighted by Crippen LogP contribution is -2.34. The van der Waals surface area contributed by atoms with Gasteiger partial charge in [-0.05, 0) is 28.8 Å². The van der Waals surface area contributed by atoms with Crippen LogP contribution in [0, 0.1) is 0 Å². The van der Waals surface area contributed by atoms with Crippen LogP contribution in [0.2, 0.25) is 0 Å². The SMILES string of the molecule is CCCC(CC)NS(=O)(=O)c1cc(C(=O)O)oc1Br. The Morgan fingerprint density at radius 1 is 1.53 bits per heavy atom. The number of carbonyl (C=O) groups is 1. The standard InChI is InChI=1S/C11H16BrNO5S/c1-3-5-7(4-2)13-19(16,17)9-6-8(11(14)15)18-10(9)12/h6-7,13H,3-5H2,1-2H3,(H,14,15). The predicted molar refractivity (Wildman–Crippen MR) is 72.7 cm³/mol. The zero-order valence-corrected chi connectivity index (χ0v) is 13.0. The van der Waals surface area contributed by atoms with Gasteiger partial charge in [-0.2, -0.15) is 0 Å². The van der Waals surface area contributed by atoms with E-state index in [0.29, 0.717) is 6.42 Å². The molecule has 0 aliphatic heterocycles. The third-order valence-electron chi connectivity index (χ3n) is 2.61. The highest BCUT2D eigenvalue weighted by molar-refractivity contribution is 9.10. The number of nitrogens with one attached hydrogen (secondary N) is 1. The van der Waals surface area contributed by atoms with Gasteiger partial charge in [-0.3, -0.25) is 0 Å². The Balaban J connectivity index is 3.03. The molecular weight excluding hydrogens is 338 g/mol. The molecule has 1 aromatic rings. The Hall–Kier alpha value is -0.860. The Labute approximate surface area is 120 Å². The van der Waals surface area contributed by atoms with Crippen LogP contribution in [0.5, 0.6) is 0 Å². The van der Waals surface area contributed by atoms with Crippen LogP contribution in [0.15, 0.2) is 20.0 Å². The molecule has 0 amide bonds. The van der Waals surface area contributed by atoms with Crippen LogP contribution in [0.1, 0.15) is 43.7 Å². The monoisotopic (exact) mass is 353 g/mol. The average Bonchev–Trinajstić information content (AvgIpc) is 2.71. The molecule has 0 saturated carbocycles. The van der Waals surface area contributed by atoms with Crippen molar-refractivity contribution in [2.24, 2.45) is 0 Å². The van der Waals surface area contributed by atoms with Crippen LogP contribution in [0.3, 0.4) is 0 Å². The Kier molecular flexibility index (Phi) is 5.57. The molecule has 0 aliphatic rings. The van der Waals surface area contributed by atoms with Gasteiger partial charge in [0.2, 0.25) is 15.8 Å². The summed E-state index contributed by atoms with van der Waals surface area (Å²) in [6.07, 6.45) is 2.24. The van der Waals surface area contributed by atoms with E-state index in [4.69, 9.17) is 9.52 Å². The summed E-state index contributed by atoms with van der Waals surface area (Å²) in [5, 5.41) is 8.77. The third-order valence-corrected chi connectivity index (χ3v) is 4.98. The number of halogens is 1. The quantitative estimate of drug-likeness (QED) is 0.785. The van der Waals surface area contributed by atoms with Gasteiger partial charge in [0.15, 0.2) is 4.67 Å². The normalized spacial score (nSPS) is 13.4. The van der Waals surface area contributed by atoms with E-state index in [0.717, 1.165) is 18.9 Å². The van der Waals surface area contributed by atoms with E-state index in [9.17, 15) is 13.2 Å². The van der Waals surface area contributed by atoms with Crippen molar-refractivity contribution in [3.63, 3.8) is 0 Å². The summed E-state index contributed by atoms with van der Waals surface area (Å²) in [7, 11) is -3.79. The first-order valence-corrected chi connectivity index (χ1v) is 8.14. The van der Waals surface area contributed by atoms with Crippen molar-refractivity contribution in [1.82, 2.24) is 4.72 Å². The minimum atomic E-state index is -3.79. The molecule has 19 heavy (non-hydrogen) atoms. The maximum atomic E-state index is 12.1. The lowest BCUT2D eigenvalue weighted by molar-refractivity contribution is 0.0661. The fourth-order valence-corrected chi connectivity index (χ4v) is 3.91. The summed E-state index contributed by atoms with van der Waals surface area (Å²) >= 11 is 2.92.